The van der Waals surface area contributed by atoms with Gasteiger partial charge in [-0.2, -0.15) is 15.1 Å². The lowest BCUT2D eigenvalue weighted by Crippen LogP contribution is -2.05. The summed E-state index contributed by atoms with van der Waals surface area (Å²) in [7, 11) is 1.83. The zero-order chi connectivity index (χ0) is 13.4. The summed E-state index contributed by atoms with van der Waals surface area (Å²) in [4.78, 5) is 13.8. The Morgan fingerprint density at radius 3 is 3.00 bits per heavy atom. The van der Waals surface area contributed by atoms with Crippen molar-refractivity contribution in [2.24, 2.45) is 7.05 Å². The first-order chi connectivity index (χ1) is 9.15. The van der Waals surface area contributed by atoms with Crippen molar-refractivity contribution < 1.29 is 0 Å². The molecule has 0 amide bonds. The second-order valence-electron chi connectivity index (χ2n) is 4.15. The molecule has 3 heterocycles. The van der Waals surface area contributed by atoms with E-state index in [4.69, 9.17) is 5.73 Å². The fourth-order valence-electron chi connectivity index (χ4n) is 1.83. The van der Waals surface area contributed by atoms with Gasteiger partial charge in [0.15, 0.2) is 5.65 Å². The van der Waals surface area contributed by atoms with E-state index in [1.807, 2.05) is 19.5 Å². The molecule has 0 spiro atoms. The molecule has 98 valence electrons. The Labute approximate surface area is 113 Å². The van der Waals surface area contributed by atoms with Crippen molar-refractivity contribution in [3.05, 3.63) is 22.3 Å². The molecule has 3 rings (SSSR count). The van der Waals surface area contributed by atoms with Crippen LogP contribution >= 0.6 is 11.3 Å². The topological polar surface area (TPSA) is 94.5 Å². The van der Waals surface area contributed by atoms with Crippen LogP contribution in [0.5, 0.6) is 0 Å². The van der Waals surface area contributed by atoms with Crippen molar-refractivity contribution in [2.45, 2.75) is 13.5 Å². The lowest BCUT2D eigenvalue weighted by Gasteiger charge is -2.06. The third kappa shape index (κ3) is 2.10. The number of nitrogens with zero attached hydrogens (tertiary/aromatic N) is 5. The number of hydrogen-bond donors (Lipinski definition) is 2. The van der Waals surface area contributed by atoms with Gasteiger partial charge in [-0.25, -0.2) is 4.98 Å². The molecule has 3 aromatic heterocycles. The van der Waals surface area contributed by atoms with E-state index in [0.29, 0.717) is 12.4 Å². The number of thiazole rings is 1. The Morgan fingerprint density at radius 2 is 2.26 bits per heavy atom. The maximum atomic E-state index is 5.72. The molecule has 0 fully saturated rings. The number of anilines is 2. The first kappa shape index (κ1) is 11.8. The van der Waals surface area contributed by atoms with Gasteiger partial charge in [0.1, 0.15) is 5.82 Å². The molecule has 3 N–H and O–H groups in total. The molecule has 0 atom stereocenters. The van der Waals surface area contributed by atoms with Gasteiger partial charge in [0.05, 0.1) is 29.3 Å². The van der Waals surface area contributed by atoms with Crippen molar-refractivity contribution in [1.82, 2.24) is 24.7 Å². The molecule has 3 aromatic rings. The molecule has 0 unspecified atom stereocenters. The molecule has 0 aliphatic rings. The van der Waals surface area contributed by atoms with E-state index in [9.17, 15) is 0 Å². The quantitative estimate of drug-likeness (QED) is 0.748. The molecule has 0 aliphatic heterocycles. The van der Waals surface area contributed by atoms with Crippen molar-refractivity contribution >= 4 is 34.1 Å². The zero-order valence-corrected chi connectivity index (χ0v) is 11.4. The van der Waals surface area contributed by atoms with E-state index in [-0.39, 0.29) is 5.95 Å². The molecule has 0 bridgehead atoms. The Kier molecular flexibility index (Phi) is 2.79. The van der Waals surface area contributed by atoms with Crippen molar-refractivity contribution in [3.8, 4) is 0 Å². The van der Waals surface area contributed by atoms with Crippen LogP contribution in [0.25, 0.3) is 11.0 Å². The van der Waals surface area contributed by atoms with Crippen molar-refractivity contribution in [3.63, 3.8) is 0 Å². The second kappa shape index (κ2) is 4.47. The monoisotopic (exact) mass is 275 g/mol. The number of nitrogens with two attached hydrogens (primary N) is 1. The van der Waals surface area contributed by atoms with Crippen LogP contribution in [0, 0.1) is 6.92 Å². The molecule has 0 saturated carbocycles. The number of hydrogen-bond acceptors (Lipinski definition) is 7. The van der Waals surface area contributed by atoms with Crippen LogP contribution in [-0.4, -0.2) is 24.7 Å². The van der Waals surface area contributed by atoms with E-state index >= 15 is 0 Å². The van der Waals surface area contributed by atoms with Gasteiger partial charge in [-0.05, 0) is 6.92 Å². The van der Waals surface area contributed by atoms with Gasteiger partial charge in [-0.15, -0.1) is 11.3 Å². The summed E-state index contributed by atoms with van der Waals surface area (Å²) in [5.41, 5.74) is 9.30. The second-order valence-corrected chi connectivity index (χ2v) is 5.09. The minimum atomic E-state index is 0.236. The molecule has 0 radical (unpaired) electrons. The van der Waals surface area contributed by atoms with Gasteiger partial charge < -0.3 is 11.1 Å². The number of nitrogen functional groups attached to an aromatic ring is 1. The summed E-state index contributed by atoms with van der Waals surface area (Å²) in [5, 5.41) is 8.30. The number of aromatic nitrogens is 5. The molecule has 8 heteroatoms. The minimum Gasteiger partial charge on any atom is -0.368 e. The largest absolute Gasteiger partial charge is 0.368 e. The van der Waals surface area contributed by atoms with Crippen LogP contribution in [0.4, 0.5) is 11.8 Å². The molecule has 0 saturated heterocycles. The molecule has 0 aliphatic carbocycles. The van der Waals surface area contributed by atoms with E-state index in [2.05, 4.69) is 25.4 Å². The maximum absolute atomic E-state index is 5.72. The smallest absolute Gasteiger partial charge is 0.224 e. The summed E-state index contributed by atoms with van der Waals surface area (Å²) in [5.74, 6) is 0.933. The Balaban J connectivity index is 1.94. The third-order valence-corrected chi connectivity index (χ3v) is 3.81. The number of nitrogens with one attached hydrogen (secondary N) is 1. The van der Waals surface area contributed by atoms with Crippen LogP contribution in [-0.2, 0) is 13.6 Å². The van der Waals surface area contributed by atoms with E-state index in [0.717, 1.165) is 16.7 Å². The lowest BCUT2D eigenvalue weighted by molar-refractivity contribution is 0.786. The summed E-state index contributed by atoms with van der Waals surface area (Å²) in [6, 6.07) is 0. The van der Waals surface area contributed by atoms with Gasteiger partial charge in [-0.3, -0.25) is 4.68 Å². The van der Waals surface area contributed by atoms with E-state index in [1.54, 1.807) is 22.2 Å². The molecule has 19 heavy (non-hydrogen) atoms. The highest BCUT2D eigenvalue weighted by Gasteiger charge is 2.10. The normalized spacial score (nSPS) is 11.1. The highest BCUT2D eigenvalue weighted by atomic mass is 32.1. The first-order valence-corrected chi connectivity index (χ1v) is 6.61. The predicted octanol–water partition coefficient (Wildman–Crippen LogP) is 1.32. The molecule has 7 nitrogen and oxygen atoms in total. The standard InChI is InChI=1S/C11H13N7S/c1-6-8(19-5-14-6)4-13-9-7-3-15-18(2)10(7)17-11(12)16-9/h3,5H,4H2,1-2H3,(H3,12,13,16,17). The van der Waals surface area contributed by atoms with Crippen molar-refractivity contribution in [1.29, 1.82) is 0 Å². The Morgan fingerprint density at radius 1 is 1.42 bits per heavy atom. The van der Waals surface area contributed by atoms with Gasteiger partial charge in [0, 0.05) is 11.9 Å². The summed E-state index contributed by atoms with van der Waals surface area (Å²) >= 11 is 1.61. The Hall–Kier alpha value is -2.22. The van der Waals surface area contributed by atoms with Gasteiger partial charge in [0.25, 0.3) is 0 Å². The molecular weight excluding hydrogens is 262 g/mol. The zero-order valence-electron chi connectivity index (χ0n) is 10.6. The minimum absolute atomic E-state index is 0.236. The van der Waals surface area contributed by atoms with Crippen molar-refractivity contribution in [2.75, 3.05) is 11.1 Å². The number of aryl methyl sites for hydroxylation is 2. The Bertz CT molecular complexity index is 730. The van der Waals surface area contributed by atoms with Gasteiger partial charge in [-0.1, -0.05) is 0 Å². The number of rotatable bonds is 3. The average Bonchev–Trinajstić information content (AvgIpc) is 2.94. The summed E-state index contributed by atoms with van der Waals surface area (Å²) in [6.45, 7) is 2.65. The first-order valence-electron chi connectivity index (χ1n) is 5.73. The fourth-order valence-corrected chi connectivity index (χ4v) is 2.55. The van der Waals surface area contributed by atoms with Crippen LogP contribution in [0.1, 0.15) is 10.6 Å². The lowest BCUT2D eigenvalue weighted by atomic mass is 10.3. The summed E-state index contributed by atoms with van der Waals surface area (Å²) in [6.07, 6.45) is 1.73. The highest BCUT2D eigenvalue weighted by molar-refractivity contribution is 7.09. The van der Waals surface area contributed by atoms with Crippen LogP contribution in [0.3, 0.4) is 0 Å². The SMILES string of the molecule is Cc1ncsc1CNc1nc(N)nc2c1cnn2C. The van der Waals surface area contributed by atoms with E-state index < -0.39 is 0 Å². The maximum Gasteiger partial charge on any atom is 0.224 e. The molecule has 0 aromatic carbocycles. The third-order valence-electron chi connectivity index (χ3n) is 2.87. The predicted molar refractivity (Wildman–Crippen MR) is 74.9 cm³/mol. The van der Waals surface area contributed by atoms with Crippen LogP contribution < -0.4 is 11.1 Å². The fraction of sp³-hybridized carbons (Fsp3) is 0.273. The van der Waals surface area contributed by atoms with Crippen LogP contribution in [0.15, 0.2) is 11.7 Å². The van der Waals surface area contributed by atoms with Gasteiger partial charge >= 0.3 is 0 Å². The molecular formula is C11H13N7S. The van der Waals surface area contributed by atoms with Crippen LogP contribution in [0.2, 0.25) is 0 Å². The highest BCUT2D eigenvalue weighted by Crippen LogP contribution is 2.22. The van der Waals surface area contributed by atoms with E-state index in [1.165, 1.54) is 4.88 Å². The van der Waals surface area contributed by atoms with Gasteiger partial charge in [0.2, 0.25) is 5.95 Å². The summed E-state index contributed by atoms with van der Waals surface area (Å²) < 4.78 is 1.68. The average molecular weight is 275 g/mol. The number of fused-ring (bicyclic) bond motifs is 1.